The fraction of sp³-hybridized carbons (Fsp3) is 0.150. The average molecular weight is 383 g/mol. The zero-order chi connectivity index (χ0) is 19.2. The van der Waals surface area contributed by atoms with Crippen LogP contribution in [0, 0.1) is 0 Å². The molecule has 6 nitrogen and oxygen atoms in total. The molecular formula is C20H19ClN4O2. The van der Waals surface area contributed by atoms with Gasteiger partial charge in [-0.1, -0.05) is 29.8 Å². The Balaban J connectivity index is 1.68. The van der Waals surface area contributed by atoms with Gasteiger partial charge in [0.05, 0.1) is 23.0 Å². The van der Waals surface area contributed by atoms with Gasteiger partial charge in [0.2, 0.25) is 0 Å². The molecule has 0 radical (unpaired) electrons. The van der Waals surface area contributed by atoms with Crippen molar-refractivity contribution in [1.82, 2.24) is 15.6 Å². The summed E-state index contributed by atoms with van der Waals surface area (Å²) in [4.78, 5) is 12.3. The minimum atomic E-state index is -0.383. The van der Waals surface area contributed by atoms with Crippen LogP contribution in [-0.4, -0.2) is 28.4 Å². The molecule has 0 aliphatic carbocycles. The summed E-state index contributed by atoms with van der Waals surface area (Å²) in [6, 6.07) is 16.5. The van der Waals surface area contributed by atoms with Crippen molar-refractivity contribution in [3.05, 3.63) is 70.9 Å². The summed E-state index contributed by atoms with van der Waals surface area (Å²) in [6.07, 6.45) is 0. The molecule has 0 aliphatic rings. The van der Waals surface area contributed by atoms with Gasteiger partial charge in [0.15, 0.2) is 0 Å². The Hall–Kier alpha value is -3.12. The number of H-pyrrole nitrogens is 1. The monoisotopic (exact) mass is 382 g/mol. The highest BCUT2D eigenvalue weighted by Gasteiger charge is 2.12. The van der Waals surface area contributed by atoms with E-state index in [-0.39, 0.29) is 5.91 Å². The van der Waals surface area contributed by atoms with E-state index in [9.17, 15) is 4.79 Å². The third-order valence-corrected chi connectivity index (χ3v) is 4.21. The normalized spacial score (nSPS) is 11.3. The Morgan fingerprint density at radius 2 is 1.96 bits per heavy atom. The molecule has 0 bridgehead atoms. The highest BCUT2D eigenvalue weighted by atomic mass is 35.5. The van der Waals surface area contributed by atoms with Gasteiger partial charge >= 0.3 is 0 Å². The molecule has 2 N–H and O–H groups in total. The van der Waals surface area contributed by atoms with E-state index in [0.717, 1.165) is 16.9 Å². The van der Waals surface area contributed by atoms with Crippen LogP contribution >= 0.6 is 11.6 Å². The van der Waals surface area contributed by atoms with Crippen molar-refractivity contribution in [2.45, 2.75) is 13.8 Å². The smallest absolute Gasteiger partial charge is 0.289 e. The number of benzene rings is 2. The number of rotatable bonds is 6. The number of halogens is 1. The van der Waals surface area contributed by atoms with E-state index in [2.05, 4.69) is 20.7 Å². The van der Waals surface area contributed by atoms with Crippen LogP contribution in [0.3, 0.4) is 0 Å². The third kappa shape index (κ3) is 4.54. The first-order chi connectivity index (χ1) is 13.1. The summed E-state index contributed by atoms with van der Waals surface area (Å²) in [5.41, 5.74) is 5.74. The van der Waals surface area contributed by atoms with Gasteiger partial charge in [-0.2, -0.15) is 10.2 Å². The van der Waals surface area contributed by atoms with E-state index in [1.54, 1.807) is 12.1 Å². The van der Waals surface area contributed by atoms with E-state index < -0.39 is 0 Å². The van der Waals surface area contributed by atoms with Crippen LogP contribution in [0.15, 0.2) is 59.7 Å². The average Bonchev–Trinajstić information content (AvgIpc) is 3.17. The quantitative estimate of drug-likeness (QED) is 0.493. The number of nitrogens with zero attached hydrogens (tertiary/aromatic N) is 2. The van der Waals surface area contributed by atoms with Gasteiger partial charge in [0, 0.05) is 5.56 Å². The predicted molar refractivity (Wildman–Crippen MR) is 106 cm³/mol. The van der Waals surface area contributed by atoms with Crippen LogP contribution in [0.2, 0.25) is 5.02 Å². The summed E-state index contributed by atoms with van der Waals surface area (Å²) in [5, 5.41) is 11.6. The molecular weight excluding hydrogens is 364 g/mol. The molecule has 0 unspecified atom stereocenters. The standard InChI is InChI=1S/C20H19ClN4O2/c1-3-27-15-10-8-14(9-11-15)13(2)22-25-20(26)19-12-18(23-24-19)16-6-4-5-7-17(16)21/h4-12H,3H2,1-2H3,(H,23,24)(H,25,26). The summed E-state index contributed by atoms with van der Waals surface area (Å²) < 4.78 is 5.41. The highest BCUT2D eigenvalue weighted by Crippen LogP contribution is 2.26. The van der Waals surface area contributed by atoms with Gasteiger partial charge in [0.1, 0.15) is 11.4 Å². The maximum absolute atomic E-state index is 12.3. The Morgan fingerprint density at radius 3 is 2.67 bits per heavy atom. The lowest BCUT2D eigenvalue weighted by Crippen LogP contribution is -2.19. The predicted octanol–water partition coefficient (Wildman–Crippen LogP) is 4.28. The van der Waals surface area contributed by atoms with Crippen molar-refractivity contribution < 1.29 is 9.53 Å². The van der Waals surface area contributed by atoms with Gasteiger partial charge in [-0.15, -0.1) is 0 Å². The van der Waals surface area contributed by atoms with Crippen LogP contribution in [0.5, 0.6) is 5.75 Å². The minimum absolute atomic E-state index is 0.299. The van der Waals surface area contributed by atoms with Crippen molar-refractivity contribution >= 4 is 23.2 Å². The molecule has 0 saturated carbocycles. The SMILES string of the molecule is CCOc1ccc(C(C)=NNC(=O)c2cc(-c3ccccc3Cl)n[nH]2)cc1. The van der Waals surface area contributed by atoms with Crippen LogP contribution in [-0.2, 0) is 0 Å². The maximum Gasteiger partial charge on any atom is 0.289 e. The number of aromatic amines is 1. The number of ether oxygens (including phenoxy) is 1. The number of carbonyl (C=O) groups excluding carboxylic acids is 1. The van der Waals surface area contributed by atoms with Crippen LogP contribution in [0.4, 0.5) is 0 Å². The van der Waals surface area contributed by atoms with E-state index >= 15 is 0 Å². The number of hydrogen-bond acceptors (Lipinski definition) is 4. The van der Waals surface area contributed by atoms with Crippen LogP contribution < -0.4 is 10.2 Å². The van der Waals surface area contributed by atoms with Crippen molar-refractivity contribution in [3.8, 4) is 17.0 Å². The zero-order valence-electron chi connectivity index (χ0n) is 15.0. The molecule has 0 atom stereocenters. The second kappa shape index (κ2) is 8.51. The Labute approximate surface area is 162 Å². The lowest BCUT2D eigenvalue weighted by Gasteiger charge is -2.05. The van der Waals surface area contributed by atoms with Gasteiger partial charge < -0.3 is 4.74 Å². The molecule has 3 aromatic rings. The molecule has 3 rings (SSSR count). The summed E-state index contributed by atoms with van der Waals surface area (Å²) in [7, 11) is 0. The summed E-state index contributed by atoms with van der Waals surface area (Å²) in [5.74, 6) is 0.411. The molecule has 0 spiro atoms. The molecule has 138 valence electrons. The first kappa shape index (κ1) is 18.7. The third-order valence-electron chi connectivity index (χ3n) is 3.88. The largest absolute Gasteiger partial charge is 0.494 e. The molecule has 2 aromatic carbocycles. The highest BCUT2D eigenvalue weighted by molar-refractivity contribution is 6.33. The molecule has 0 saturated heterocycles. The lowest BCUT2D eigenvalue weighted by molar-refractivity contribution is 0.0950. The van der Waals surface area contributed by atoms with Crippen molar-refractivity contribution in [2.24, 2.45) is 5.10 Å². The maximum atomic E-state index is 12.3. The Bertz CT molecular complexity index is 964. The van der Waals surface area contributed by atoms with Crippen LogP contribution in [0.1, 0.15) is 29.9 Å². The summed E-state index contributed by atoms with van der Waals surface area (Å²) in [6.45, 7) is 4.36. The van der Waals surface area contributed by atoms with E-state index in [0.29, 0.717) is 28.7 Å². The number of carbonyl (C=O) groups is 1. The molecule has 27 heavy (non-hydrogen) atoms. The van der Waals surface area contributed by atoms with Crippen molar-refractivity contribution in [1.29, 1.82) is 0 Å². The van der Waals surface area contributed by atoms with E-state index in [1.165, 1.54) is 0 Å². The first-order valence-corrected chi connectivity index (χ1v) is 8.84. The number of aromatic nitrogens is 2. The molecule has 1 amide bonds. The number of nitrogens with one attached hydrogen (secondary N) is 2. The molecule has 0 aliphatic heterocycles. The lowest BCUT2D eigenvalue weighted by atomic mass is 10.1. The number of amides is 1. The number of hydrazone groups is 1. The molecule has 1 aromatic heterocycles. The van der Waals surface area contributed by atoms with Crippen molar-refractivity contribution in [2.75, 3.05) is 6.61 Å². The Kier molecular flexibility index (Phi) is 5.88. The van der Waals surface area contributed by atoms with E-state index in [4.69, 9.17) is 16.3 Å². The molecule has 0 fully saturated rings. The van der Waals surface area contributed by atoms with Crippen molar-refractivity contribution in [3.63, 3.8) is 0 Å². The van der Waals surface area contributed by atoms with E-state index in [1.807, 2.05) is 56.3 Å². The molecule has 1 heterocycles. The molecule has 7 heteroatoms. The second-order valence-corrected chi connectivity index (χ2v) is 6.15. The summed E-state index contributed by atoms with van der Waals surface area (Å²) >= 11 is 6.16. The van der Waals surface area contributed by atoms with Gasteiger partial charge in [0.25, 0.3) is 5.91 Å². The minimum Gasteiger partial charge on any atom is -0.494 e. The second-order valence-electron chi connectivity index (χ2n) is 5.74. The Morgan fingerprint density at radius 1 is 1.22 bits per heavy atom. The van der Waals surface area contributed by atoms with Gasteiger partial charge in [-0.05, 0) is 55.8 Å². The first-order valence-electron chi connectivity index (χ1n) is 8.46. The van der Waals surface area contributed by atoms with Gasteiger partial charge in [-0.25, -0.2) is 5.43 Å². The van der Waals surface area contributed by atoms with Gasteiger partial charge in [-0.3, -0.25) is 9.89 Å². The zero-order valence-corrected chi connectivity index (χ0v) is 15.7. The van der Waals surface area contributed by atoms with Crippen LogP contribution in [0.25, 0.3) is 11.3 Å². The topological polar surface area (TPSA) is 79.4 Å². The fourth-order valence-electron chi connectivity index (χ4n) is 2.46. The number of hydrogen-bond donors (Lipinski definition) is 2. The fourth-order valence-corrected chi connectivity index (χ4v) is 2.70.